The fraction of sp³-hybridized carbons (Fsp3) is 0.571. The van der Waals surface area contributed by atoms with Gasteiger partial charge in [-0.15, -0.1) is 5.10 Å². The van der Waals surface area contributed by atoms with Crippen molar-refractivity contribution in [1.29, 1.82) is 0 Å². The van der Waals surface area contributed by atoms with Gasteiger partial charge in [0.25, 0.3) is 0 Å². The van der Waals surface area contributed by atoms with Crippen molar-refractivity contribution in [1.82, 2.24) is 29.5 Å². The third-order valence-electron chi connectivity index (χ3n) is 5.54. The molecule has 33 heavy (non-hydrogen) atoms. The fourth-order valence-electron chi connectivity index (χ4n) is 3.83. The maximum atomic E-state index is 13.1. The monoisotopic (exact) mass is 520 g/mol. The van der Waals surface area contributed by atoms with Crippen LogP contribution in [0, 0.1) is 5.21 Å². The van der Waals surface area contributed by atoms with Crippen LogP contribution in [0.1, 0.15) is 33.0 Å². The molecule has 4 rings (SSSR count). The molecule has 12 heteroatoms. The van der Waals surface area contributed by atoms with Crippen LogP contribution >= 0.6 is 15.9 Å². The highest BCUT2D eigenvalue weighted by Gasteiger charge is 2.30. The van der Waals surface area contributed by atoms with Crippen molar-refractivity contribution in [3.05, 3.63) is 27.8 Å². The second-order valence-electron chi connectivity index (χ2n) is 9.28. The van der Waals surface area contributed by atoms with E-state index >= 15 is 0 Å². The highest BCUT2D eigenvalue weighted by molar-refractivity contribution is 9.10. The second-order valence-corrected chi connectivity index (χ2v) is 10.1. The predicted octanol–water partition coefficient (Wildman–Crippen LogP) is 2.97. The maximum absolute atomic E-state index is 13.1. The molecule has 4 heterocycles. The number of aryl methyl sites for hydroxylation is 1. The number of rotatable bonds is 5. The number of halogens is 1. The van der Waals surface area contributed by atoms with Crippen LogP contribution in [0.5, 0.6) is 0 Å². The lowest BCUT2D eigenvalue weighted by Gasteiger charge is -2.48. The number of aromatic nitrogens is 5. The number of hydroxylamine groups is 3. The molecule has 0 radical (unpaired) electrons. The summed E-state index contributed by atoms with van der Waals surface area (Å²) in [7, 11) is 1.76. The number of nitrogens with one attached hydrogen (secondary N) is 1. The minimum atomic E-state index is -0.542. The minimum absolute atomic E-state index is 0.321. The topological polar surface area (TPSA) is 121 Å². The van der Waals surface area contributed by atoms with E-state index in [9.17, 15) is 10.0 Å². The van der Waals surface area contributed by atoms with E-state index in [0.29, 0.717) is 68.6 Å². The normalized spacial score (nSPS) is 16.4. The number of carbonyl (C=O) groups excluding carboxylic acids is 1. The molecule has 1 amide bonds. The summed E-state index contributed by atoms with van der Waals surface area (Å²) in [4.78, 5) is 27.2. The largest absolute Gasteiger partial charge is 0.633 e. The first-order chi connectivity index (χ1) is 15.6. The zero-order chi connectivity index (χ0) is 23.8. The minimum Gasteiger partial charge on any atom is -0.633 e. The maximum Gasteiger partial charge on any atom is 0.410 e. The van der Waals surface area contributed by atoms with Gasteiger partial charge >= 0.3 is 6.09 Å². The summed E-state index contributed by atoms with van der Waals surface area (Å²) >= 11 is 3.55. The molecule has 1 aliphatic heterocycles. The summed E-state index contributed by atoms with van der Waals surface area (Å²) in [6.07, 6.45) is 2.62. The molecule has 3 aromatic rings. The highest BCUT2D eigenvalue weighted by atomic mass is 79.9. The van der Waals surface area contributed by atoms with Gasteiger partial charge < -0.3 is 19.9 Å². The number of hydrogen-bond donors (Lipinski definition) is 1. The van der Waals surface area contributed by atoms with Crippen LogP contribution in [0.25, 0.3) is 16.7 Å². The van der Waals surface area contributed by atoms with Crippen molar-refractivity contribution in [3.8, 4) is 0 Å². The van der Waals surface area contributed by atoms with Crippen LogP contribution in [0.3, 0.4) is 0 Å². The Bertz CT molecular complexity index is 1170. The molecule has 0 unspecified atom stereocenters. The van der Waals surface area contributed by atoms with E-state index in [2.05, 4.69) is 41.3 Å². The van der Waals surface area contributed by atoms with Gasteiger partial charge in [-0.25, -0.2) is 14.8 Å². The Hall–Kier alpha value is -2.57. The Morgan fingerprint density at radius 2 is 2.00 bits per heavy atom. The number of fused-ring (bicyclic) bond motifs is 3. The predicted molar refractivity (Wildman–Crippen MR) is 128 cm³/mol. The fourth-order valence-corrected chi connectivity index (χ4v) is 4.33. The number of piperazine rings is 1. The standard InChI is InChI=1S/C21H29BrN8O3/c1-21(2,3)33-20(31)28-7-10-30(32,11-8-28)9-5-6-16-25-18-15(22)12-14-13-24-19(23-4)26-17(14)29(18)27-16/h12-13H,5-11H2,1-4H3,(H,23,24,26). The van der Waals surface area contributed by atoms with Gasteiger partial charge in [-0.1, -0.05) is 0 Å². The number of amides is 1. The van der Waals surface area contributed by atoms with Gasteiger partial charge in [0.2, 0.25) is 5.95 Å². The van der Waals surface area contributed by atoms with Crippen LogP contribution in [0.15, 0.2) is 16.7 Å². The van der Waals surface area contributed by atoms with Gasteiger partial charge in [-0.2, -0.15) is 9.50 Å². The molecule has 1 aliphatic rings. The summed E-state index contributed by atoms with van der Waals surface area (Å²) < 4.78 is 7.60. The lowest BCUT2D eigenvalue weighted by molar-refractivity contribution is -0.884. The van der Waals surface area contributed by atoms with Gasteiger partial charge in [0.05, 0.1) is 37.2 Å². The Morgan fingerprint density at radius 1 is 1.27 bits per heavy atom. The molecule has 1 N–H and O–H groups in total. The second kappa shape index (κ2) is 8.99. The molecule has 1 saturated heterocycles. The molecule has 11 nitrogen and oxygen atoms in total. The molecular weight excluding hydrogens is 492 g/mol. The number of carbonyl (C=O) groups is 1. The van der Waals surface area contributed by atoms with Crippen LogP contribution in [-0.4, -0.2) is 85.6 Å². The van der Waals surface area contributed by atoms with Crippen molar-refractivity contribution in [2.75, 3.05) is 45.1 Å². The highest BCUT2D eigenvalue weighted by Crippen LogP contribution is 2.24. The van der Waals surface area contributed by atoms with Gasteiger partial charge in [-0.3, -0.25) is 4.90 Å². The summed E-state index contributed by atoms with van der Waals surface area (Å²) in [6.45, 7) is 7.48. The molecule has 0 atom stereocenters. The Labute approximate surface area is 200 Å². The molecule has 3 aromatic heterocycles. The lowest BCUT2D eigenvalue weighted by atomic mass is 10.2. The Balaban J connectivity index is 1.39. The smallest absolute Gasteiger partial charge is 0.410 e. The molecular formula is C21H29BrN8O3. The Kier molecular flexibility index (Phi) is 6.43. The van der Waals surface area contributed by atoms with Crippen LogP contribution in [0.2, 0.25) is 0 Å². The van der Waals surface area contributed by atoms with E-state index in [1.807, 2.05) is 26.8 Å². The summed E-state index contributed by atoms with van der Waals surface area (Å²) in [6, 6.07) is 1.92. The zero-order valence-electron chi connectivity index (χ0n) is 19.3. The first-order valence-electron chi connectivity index (χ1n) is 11.0. The van der Waals surface area contributed by atoms with Crippen molar-refractivity contribution in [2.45, 2.75) is 39.2 Å². The van der Waals surface area contributed by atoms with E-state index in [1.54, 1.807) is 22.7 Å². The van der Waals surface area contributed by atoms with Gasteiger partial charge in [-0.05, 0) is 42.8 Å². The number of nitrogens with zero attached hydrogens (tertiary/aromatic N) is 7. The first-order valence-corrected chi connectivity index (χ1v) is 11.8. The van der Waals surface area contributed by atoms with E-state index < -0.39 is 5.60 Å². The van der Waals surface area contributed by atoms with Gasteiger partial charge in [0.1, 0.15) is 5.60 Å². The summed E-state index contributed by atoms with van der Waals surface area (Å²) in [5.41, 5.74) is 0.798. The van der Waals surface area contributed by atoms with E-state index in [1.165, 1.54) is 0 Å². The van der Waals surface area contributed by atoms with Gasteiger partial charge in [0.15, 0.2) is 17.1 Å². The van der Waals surface area contributed by atoms with Crippen LogP contribution in [-0.2, 0) is 11.2 Å². The average Bonchev–Trinajstić information content (AvgIpc) is 3.18. The van der Waals surface area contributed by atoms with Crippen molar-refractivity contribution in [3.63, 3.8) is 0 Å². The third kappa shape index (κ3) is 5.33. The number of pyridine rings is 1. The van der Waals surface area contributed by atoms with Crippen molar-refractivity contribution < 1.29 is 14.2 Å². The van der Waals surface area contributed by atoms with Crippen LogP contribution in [0.4, 0.5) is 10.7 Å². The van der Waals surface area contributed by atoms with Crippen molar-refractivity contribution >= 4 is 44.7 Å². The van der Waals surface area contributed by atoms with E-state index in [0.717, 1.165) is 9.86 Å². The quantitative estimate of drug-likeness (QED) is 0.402. The first kappa shape index (κ1) is 23.6. The lowest BCUT2D eigenvalue weighted by Crippen LogP contribution is -2.58. The number of ether oxygens (including phenoxy) is 1. The third-order valence-corrected chi connectivity index (χ3v) is 6.12. The molecule has 0 spiro atoms. The zero-order valence-corrected chi connectivity index (χ0v) is 20.9. The van der Waals surface area contributed by atoms with Crippen molar-refractivity contribution in [2.24, 2.45) is 0 Å². The molecule has 0 aromatic carbocycles. The number of hydrogen-bond acceptors (Lipinski definition) is 8. The van der Waals surface area contributed by atoms with Crippen LogP contribution < -0.4 is 5.32 Å². The molecule has 178 valence electrons. The SMILES string of the molecule is CNc1ncc2cc(Br)c3nc(CCC[N+]4([O-])CCN(C(=O)OC(C)(C)C)CC4)nn3c2n1. The number of quaternary nitrogens is 1. The molecule has 1 fully saturated rings. The molecule has 0 aliphatic carbocycles. The van der Waals surface area contributed by atoms with Gasteiger partial charge in [0, 0.05) is 31.5 Å². The number of anilines is 1. The Morgan fingerprint density at radius 3 is 2.67 bits per heavy atom. The van der Waals surface area contributed by atoms with E-state index in [4.69, 9.17) is 4.74 Å². The average molecular weight is 521 g/mol. The molecule has 0 bridgehead atoms. The summed E-state index contributed by atoms with van der Waals surface area (Å²) in [5.74, 6) is 1.17. The van der Waals surface area contributed by atoms with E-state index in [-0.39, 0.29) is 10.7 Å². The summed E-state index contributed by atoms with van der Waals surface area (Å²) in [5, 5.41) is 21.5. The molecule has 0 saturated carbocycles.